The molecular weight excluding hydrogens is 250 g/mol. The molecule has 0 aliphatic rings. The van der Waals surface area contributed by atoms with Crippen molar-refractivity contribution in [3.8, 4) is 0 Å². The van der Waals surface area contributed by atoms with E-state index in [1.165, 1.54) is 18.2 Å². The summed E-state index contributed by atoms with van der Waals surface area (Å²) >= 11 is 5.89. The lowest BCUT2D eigenvalue weighted by Crippen LogP contribution is -2.17. The van der Waals surface area contributed by atoms with Crippen LogP contribution in [0, 0.1) is 0 Å². The van der Waals surface area contributed by atoms with E-state index < -0.39 is 15.9 Å². The van der Waals surface area contributed by atoms with Crippen molar-refractivity contribution in [2.75, 3.05) is 19.8 Å². The summed E-state index contributed by atoms with van der Waals surface area (Å²) in [5, 5.41) is 12.9. The monoisotopic (exact) mass is 263 g/mol. The van der Waals surface area contributed by atoms with Gasteiger partial charge in [0.1, 0.15) is 0 Å². The normalized spacial score (nSPS) is 13.8. The van der Waals surface area contributed by atoms with Crippen molar-refractivity contribution >= 4 is 21.4 Å². The molecule has 1 aromatic rings. The van der Waals surface area contributed by atoms with Crippen LogP contribution in [0.1, 0.15) is 11.7 Å². The predicted octanol–water partition coefficient (Wildman–Crippen LogP) is 0.996. The fourth-order valence-electron chi connectivity index (χ4n) is 1.31. The van der Waals surface area contributed by atoms with E-state index in [9.17, 15) is 13.5 Å². The Hall–Kier alpha value is -0.620. The molecule has 0 aliphatic carbocycles. The van der Waals surface area contributed by atoms with Crippen LogP contribution < -0.4 is 5.32 Å². The van der Waals surface area contributed by atoms with Crippen LogP contribution in [-0.4, -0.2) is 33.4 Å². The summed E-state index contributed by atoms with van der Waals surface area (Å²) in [7, 11) is -1.59. The number of sulfone groups is 1. The lowest BCUT2D eigenvalue weighted by atomic mass is 10.1. The third kappa shape index (κ3) is 3.18. The molecule has 0 saturated carbocycles. The van der Waals surface area contributed by atoms with Crippen LogP contribution in [-0.2, 0) is 9.84 Å². The highest BCUT2D eigenvalue weighted by Crippen LogP contribution is 2.25. The molecule has 0 heterocycles. The second-order valence-electron chi connectivity index (χ2n) is 3.53. The lowest BCUT2D eigenvalue weighted by molar-refractivity contribution is 0.177. The Labute approximate surface area is 100 Å². The zero-order chi connectivity index (χ0) is 12.3. The number of rotatable bonds is 4. The molecule has 0 aliphatic heterocycles. The maximum Gasteiger partial charge on any atom is 0.175 e. The van der Waals surface area contributed by atoms with E-state index in [0.29, 0.717) is 17.1 Å². The minimum atomic E-state index is -3.28. The molecule has 0 amide bonds. The van der Waals surface area contributed by atoms with Gasteiger partial charge in [-0.05, 0) is 25.2 Å². The van der Waals surface area contributed by atoms with Crippen molar-refractivity contribution in [2.45, 2.75) is 11.0 Å². The molecule has 1 aromatic carbocycles. The Morgan fingerprint density at radius 3 is 2.62 bits per heavy atom. The maximum atomic E-state index is 11.3. The van der Waals surface area contributed by atoms with Gasteiger partial charge in [0, 0.05) is 23.4 Å². The molecule has 0 saturated heterocycles. The van der Waals surface area contributed by atoms with Crippen molar-refractivity contribution in [3.05, 3.63) is 28.8 Å². The van der Waals surface area contributed by atoms with Crippen molar-refractivity contribution in [3.63, 3.8) is 0 Å². The van der Waals surface area contributed by atoms with Crippen LogP contribution in [0.2, 0.25) is 5.02 Å². The molecule has 4 nitrogen and oxygen atoms in total. The molecule has 1 rings (SSSR count). The third-order valence-corrected chi connectivity index (χ3v) is 3.61. The van der Waals surface area contributed by atoms with Gasteiger partial charge in [-0.2, -0.15) is 0 Å². The quantitative estimate of drug-likeness (QED) is 0.851. The molecule has 90 valence electrons. The van der Waals surface area contributed by atoms with Gasteiger partial charge in [-0.1, -0.05) is 11.6 Å². The second kappa shape index (κ2) is 5.14. The summed E-state index contributed by atoms with van der Waals surface area (Å²) in [4.78, 5) is 0.155. The molecule has 0 fully saturated rings. The molecule has 6 heteroatoms. The average molecular weight is 264 g/mol. The number of aliphatic hydroxyl groups excluding tert-OH is 1. The number of nitrogens with one attached hydrogen (secondary N) is 1. The Balaban J connectivity index is 3.19. The topological polar surface area (TPSA) is 66.4 Å². The number of aliphatic hydroxyl groups is 1. The van der Waals surface area contributed by atoms with Gasteiger partial charge in [-0.25, -0.2) is 8.42 Å². The van der Waals surface area contributed by atoms with E-state index in [-0.39, 0.29) is 4.90 Å². The first-order chi connectivity index (χ1) is 7.36. The molecule has 0 aromatic heterocycles. The van der Waals surface area contributed by atoms with Gasteiger partial charge >= 0.3 is 0 Å². The number of hydrogen-bond acceptors (Lipinski definition) is 4. The van der Waals surface area contributed by atoms with Crippen LogP contribution in [0.15, 0.2) is 23.1 Å². The molecule has 0 spiro atoms. The number of likely N-dealkylation sites (N-methyl/N-ethyl adjacent to an activating group) is 1. The van der Waals surface area contributed by atoms with Crippen LogP contribution in [0.5, 0.6) is 0 Å². The van der Waals surface area contributed by atoms with Gasteiger partial charge in [0.05, 0.1) is 11.0 Å². The van der Waals surface area contributed by atoms with Gasteiger partial charge in [0.15, 0.2) is 9.84 Å². The van der Waals surface area contributed by atoms with Gasteiger partial charge in [0.2, 0.25) is 0 Å². The maximum absolute atomic E-state index is 11.3. The highest BCUT2D eigenvalue weighted by Gasteiger charge is 2.15. The first kappa shape index (κ1) is 13.4. The Morgan fingerprint density at radius 1 is 1.50 bits per heavy atom. The first-order valence-electron chi connectivity index (χ1n) is 4.68. The van der Waals surface area contributed by atoms with Gasteiger partial charge in [0.25, 0.3) is 0 Å². The van der Waals surface area contributed by atoms with Crippen molar-refractivity contribution < 1.29 is 13.5 Å². The Morgan fingerprint density at radius 2 is 2.12 bits per heavy atom. The van der Waals surface area contributed by atoms with E-state index in [1.54, 1.807) is 7.05 Å². The Kier molecular flexibility index (Phi) is 4.32. The molecule has 0 radical (unpaired) electrons. The minimum Gasteiger partial charge on any atom is -0.387 e. The largest absolute Gasteiger partial charge is 0.387 e. The summed E-state index contributed by atoms with van der Waals surface area (Å²) in [6, 6.07) is 4.30. The average Bonchev–Trinajstić information content (AvgIpc) is 2.16. The lowest BCUT2D eigenvalue weighted by Gasteiger charge is -2.13. The summed E-state index contributed by atoms with van der Waals surface area (Å²) in [6.07, 6.45) is 0.295. The summed E-state index contributed by atoms with van der Waals surface area (Å²) < 4.78 is 22.7. The summed E-state index contributed by atoms with van der Waals surface area (Å²) in [5.41, 5.74) is 0.416. The van der Waals surface area contributed by atoms with E-state index >= 15 is 0 Å². The van der Waals surface area contributed by atoms with E-state index in [2.05, 4.69) is 5.32 Å². The molecule has 2 N–H and O–H groups in total. The number of hydrogen-bond donors (Lipinski definition) is 2. The fourth-order valence-corrected chi connectivity index (χ4v) is 2.21. The van der Waals surface area contributed by atoms with Crippen LogP contribution in [0.3, 0.4) is 0 Å². The van der Waals surface area contributed by atoms with Crippen molar-refractivity contribution in [1.82, 2.24) is 5.32 Å². The highest BCUT2D eigenvalue weighted by atomic mass is 35.5. The zero-order valence-corrected chi connectivity index (χ0v) is 10.6. The standard InChI is InChI=1S/C10H14ClNO3S/c1-12-6-10(13)8-5-7(16(2,14)15)3-4-9(8)11/h3-5,10,12-13H,6H2,1-2H3. The Bertz CT molecular complexity index is 473. The van der Waals surface area contributed by atoms with E-state index in [4.69, 9.17) is 11.6 Å². The summed E-state index contributed by atoms with van der Waals surface area (Å²) in [5.74, 6) is 0. The number of benzene rings is 1. The van der Waals surface area contributed by atoms with E-state index in [0.717, 1.165) is 6.26 Å². The molecular formula is C10H14ClNO3S. The predicted molar refractivity (Wildman–Crippen MR) is 63.4 cm³/mol. The highest BCUT2D eigenvalue weighted by molar-refractivity contribution is 7.90. The smallest absolute Gasteiger partial charge is 0.175 e. The second-order valence-corrected chi connectivity index (χ2v) is 5.95. The van der Waals surface area contributed by atoms with Crippen LogP contribution in [0.25, 0.3) is 0 Å². The van der Waals surface area contributed by atoms with Gasteiger partial charge < -0.3 is 10.4 Å². The molecule has 1 unspecified atom stereocenters. The zero-order valence-electron chi connectivity index (χ0n) is 9.07. The van der Waals surface area contributed by atoms with Crippen molar-refractivity contribution in [1.29, 1.82) is 0 Å². The van der Waals surface area contributed by atoms with Gasteiger partial charge in [-0.15, -0.1) is 0 Å². The summed E-state index contributed by atoms with van der Waals surface area (Å²) in [6.45, 7) is 0.312. The van der Waals surface area contributed by atoms with Gasteiger partial charge in [-0.3, -0.25) is 0 Å². The first-order valence-corrected chi connectivity index (χ1v) is 6.95. The molecule has 0 bridgehead atoms. The molecule has 1 atom stereocenters. The van der Waals surface area contributed by atoms with Crippen LogP contribution >= 0.6 is 11.6 Å². The fraction of sp³-hybridized carbons (Fsp3) is 0.400. The van der Waals surface area contributed by atoms with Crippen molar-refractivity contribution in [2.24, 2.45) is 0 Å². The van der Waals surface area contributed by atoms with E-state index in [1.807, 2.05) is 0 Å². The minimum absolute atomic E-state index is 0.155. The van der Waals surface area contributed by atoms with Crippen LogP contribution in [0.4, 0.5) is 0 Å². The molecule has 16 heavy (non-hydrogen) atoms. The third-order valence-electron chi connectivity index (χ3n) is 2.15. The number of halogens is 1. The SMILES string of the molecule is CNCC(O)c1cc(S(C)(=O)=O)ccc1Cl.